The minimum Gasteiger partial charge on any atom is -0.385 e. The lowest BCUT2D eigenvalue weighted by Crippen LogP contribution is -2.04. The third-order valence-electron chi connectivity index (χ3n) is 2.01. The van der Waals surface area contributed by atoms with Gasteiger partial charge in [0.25, 0.3) is 5.95 Å². The fraction of sp³-hybridized carbons (Fsp3) is 0.400. The van der Waals surface area contributed by atoms with Gasteiger partial charge in [-0.25, -0.2) is 4.68 Å². The van der Waals surface area contributed by atoms with Gasteiger partial charge >= 0.3 is 0 Å². The Morgan fingerprint density at radius 1 is 1.39 bits per heavy atom. The molecule has 6 nitrogen and oxygen atoms in total. The zero-order chi connectivity index (χ0) is 12.8. The summed E-state index contributed by atoms with van der Waals surface area (Å²) in [7, 11) is 1.68. The molecule has 18 heavy (non-hydrogen) atoms. The van der Waals surface area contributed by atoms with Crippen LogP contribution in [0.2, 0.25) is 5.28 Å². The molecule has 2 rings (SSSR count). The van der Waals surface area contributed by atoms with Crippen molar-refractivity contribution in [3.63, 3.8) is 0 Å². The van der Waals surface area contributed by atoms with E-state index in [1.54, 1.807) is 30.3 Å². The van der Waals surface area contributed by atoms with E-state index in [0.717, 1.165) is 18.8 Å². The van der Waals surface area contributed by atoms with E-state index in [4.69, 9.17) is 16.3 Å². The van der Waals surface area contributed by atoms with Crippen molar-refractivity contribution >= 4 is 23.4 Å². The second-order valence-corrected chi connectivity index (χ2v) is 4.73. The quantitative estimate of drug-likeness (QED) is 0.596. The molecule has 0 amide bonds. The van der Waals surface area contributed by atoms with Gasteiger partial charge in [-0.2, -0.15) is 20.1 Å². The van der Waals surface area contributed by atoms with E-state index >= 15 is 0 Å². The van der Waals surface area contributed by atoms with E-state index < -0.39 is 0 Å². The molecule has 0 N–H and O–H groups in total. The Morgan fingerprint density at radius 2 is 2.28 bits per heavy atom. The average molecular weight is 286 g/mol. The molecule has 0 radical (unpaired) electrons. The van der Waals surface area contributed by atoms with Gasteiger partial charge in [0.2, 0.25) is 5.28 Å². The van der Waals surface area contributed by atoms with Gasteiger partial charge in [-0.05, 0) is 24.1 Å². The van der Waals surface area contributed by atoms with Gasteiger partial charge in [-0.15, -0.1) is 0 Å². The first-order valence-corrected chi connectivity index (χ1v) is 6.69. The van der Waals surface area contributed by atoms with Crippen molar-refractivity contribution in [2.45, 2.75) is 11.6 Å². The second kappa shape index (κ2) is 6.67. The third kappa shape index (κ3) is 3.66. The lowest BCUT2D eigenvalue weighted by atomic mass is 10.5. The van der Waals surface area contributed by atoms with Crippen LogP contribution in [0.15, 0.2) is 23.6 Å². The highest BCUT2D eigenvalue weighted by molar-refractivity contribution is 7.99. The first-order chi connectivity index (χ1) is 8.79. The SMILES string of the molecule is COCCCSc1nc(Cl)nc(-n2cccn2)n1. The molecule has 0 bridgehead atoms. The Morgan fingerprint density at radius 3 is 3.00 bits per heavy atom. The Hall–Kier alpha value is -1.18. The van der Waals surface area contributed by atoms with E-state index in [1.165, 1.54) is 11.8 Å². The number of halogens is 1. The molecule has 0 atom stereocenters. The molecule has 96 valence electrons. The number of methoxy groups -OCH3 is 1. The zero-order valence-corrected chi connectivity index (χ0v) is 11.4. The number of hydrogen-bond donors (Lipinski definition) is 0. The van der Waals surface area contributed by atoms with E-state index in [1.807, 2.05) is 0 Å². The maximum Gasteiger partial charge on any atom is 0.255 e. The standard InChI is InChI=1S/C10H12ClN5OS/c1-17-6-3-7-18-10-14-8(11)13-9(15-10)16-5-2-4-12-16/h2,4-5H,3,6-7H2,1H3. The largest absolute Gasteiger partial charge is 0.385 e. The molecule has 0 fully saturated rings. The van der Waals surface area contributed by atoms with Gasteiger partial charge in [0, 0.05) is 31.9 Å². The fourth-order valence-corrected chi connectivity index (χ4v) is 2.19. The molecule has 2 heterocycles. The number of hydrogen-bond acceptors (Lipinski definition) is 6. The van der Waals surface area contributed by atoms with Gasteiger partial charge in [-0.1, -0.05) is 11.8 Å². The molecule has 0 spiro atoms. The predicted octanol–water partition coefficient (Wildman–Crippen LogP) is 1.84. The third-order valence-corrected chi connectivity index (χ3v) is 3.11. The summed E-state index contributed by atoms with van der Waals surface area (Å²) in [5, 5.41) is 4.82. The molecule has 0 aliphatic heterocycles. The monoisotopic (exact) mass is 285 g/mol. The fourth-order valence-electron chi connectivity index (χ4n) is 1.24. The van der Waals surface area contributed by atoms with Crippen molar-refractivity contribution < 1.29 is 4.74 Å². The van der Waals surface area contributed by atoms with Crippen LogP contribution >= 0.6 is 23.4 Å². The van der Waals surface area contributed by atoms with Crippen molar-refractivity contribution in [2.24, 2.45) is 0 Å². The van der Waals surface area contributed by atoms with E-state index in [2.05, 4.69) is 20.1 Å². The van der Waals surface area contributed by atoms with Crippen molar-refractivity contribution in [3.05, 3.63) is 23.7 Å². The Kier molecular flexibility index (Phi) is 4.91. The van der Waals surface area contributed by atoms with Crippen molar-refractivity contribution in [1.82, 2.24) is 24.7 Å². The molecule has 0 saturated carbocycles. The van der Waals surface area contributed by atoms with E-state index in [9.17, 15) is 0 Å². The number of rotatable bonds is 6. The highest BCUT2D eigenvalue weighted by Gasteiger charge is 2.07. The Labute approximate surface area is 114 Å². The van der Waals surface area contributed by atoms with Crippen LogP contribution < -0.4 is 0 Å². The molecular weight excluding hydrogens is 274 g/mol. The van der Waals surface area contributed by atoms with Gasteiger partial charge < -0.3 is 4.74 Å². The summed E-state index contributed by atoms with van der Waals surface area (Å²) in [5.41, 5.74) is 0. The summed E-state index contributed by atoms with van der Waals surface area (Å²) in [6, 6.07) is 1.79. The minimum absolute atomic E-state index is 0.171. The first kappa shape index (κ1) is 13.3. The van der Waals surface area contributed by atoms with Gasteiger partial charge in [0.1, 0.15) is 0 Å². The summed E-state index contributed by atoms with van der Waals surface area (Å²) in [5.74, 6) is 1.29. The van der Waals surface area contributed by atoms with Crippen LogP contribution in [0, 0.1) is 0 Å². The molecule has 0 aromatic carbocycles. The summed E-state index contributed by atoms with van der Waals surface area (Å²) in [6.45, 7) is 0.720. The normalized spacial score (nSPS) is 10.8. The number of thioether (sulfide) groups is 1. The number of ether oxygens (including phenoxy) is 1. The van der Waals surface area contributed by atoms with Crippen molar-refractivity contribution in [2.75, 3.05) is 19.5 Å². The molecular formula is C10H12ClN5OS. The molecule has 2 aromatic heterocycles. The molecule has 2 aromatic rings. The molecule has 8 heteroatoms. The van der Waals surface area contributed by atoms with E-state index in [0.29, 0.717) is 11.1 Å². The second-order valence-electron chi connectivity index (χ2n) is 3.33. The van der Waals surface area contributed by atoms with E-state index in [-0.39, 0.29) is 5.28 Å². The maximum atomic E-state index is 5.87. The molecule has 0 saturated heterocycles. The van der Waals surface area contributed by atoms with Crippen LogP contribution in [0.1, 0.15) is 6.42 Å². The van der Waals surface area contributed by atoms with Gasteiger partial charge in [0.15, 0.2) is 5.16 Å². The summed E-state index contributed by atoms with van der Waals surface area (Å²) >= 11 is 7.38. The molecule has 0 unspecified atom stereocenters. The minimum atomic E-state index is 0.171. The molecule has 0 aliphatic rings. The summed E-state index contributed by atoms with van der Waals surface area (Å²) in [4.78, 5) is 12.4. The van der Waals surface area contributed by atoms with Gasteiger partial charge in [0.05, 0.1) is 0 Å². The number of nitrogens with zero attached hydrogens (tertiary/aromatic N) is 5. The Bertz CT molecular complexity index is 493. The lowest BCUT2D eigenvalue weighted by Gasteiger charge is -2.03. The zero-order valence-electron chi connectivity index (χ0n) is 9.78. The van der Waals surface area contributed by atoms with Crippen LogP contribution in [-0.4, -0.2) is 44.2 Å². The van der Waals surface area contributed by atoms with Crippen molar-refractivity contribution in [1.29, 1.82) is 0 Å². The average Bonchev–Trinajstić information content (AvgIpc) is 2.88. The smallest absolute Gasteiger partial charge is 0.255 e. The predicted molar refractivity (Wildman–Crippen MR) is 69.2 cm³/mol. The van der Waals surface area contributed by atoms with Crippen molar-refractivity contribution in [3.8, 4) is 5.95 Å². The van der Waals surface area contributed by atoms with Crippen LogP contribution in [0.25, 0.3) is 5.95 Å². The topological polar surface area (TPSA) is 65.7 Å². The maximum absolute atomic E-state index is 5.87. The molecule has 0 aliphatic carbocycles. The van der Waals surface area contributed by atoms with Crippen LogP contribution in [0.3, 0.4) is 0 Å². The Balaban J connectivity index is 2.07. The first-order valence-electron chi connectivity index (χ1n) is 5.33. The number of aromatic nitrogens is 5. The highest BCUT2D eigenvalue weighted by atomic mass is 35.5. The summed E-state index contributed by atoms with van der Waals surface area (Å²) < 4.78 is 6.53. The lowest BCUT2D eigenvalue weighted by molar-refractivity contribution is 0.200. The van der Waals surface area contributed by atoms with Crippen LogP contribution in [0.5, 0.6) is 0 Å². The van der Waals surface area contributed by atoms with Crippen LogP contribution in [-0.2, 0) is 4.74 Å². The summed E-state index contributed by atoms with van der Waals surface area (Å²) in [6.07, 6.45) is 4.34. The highest BCUT2D eigenvalue weighted by Crippen LogP contribution is 2.16. The van der Waals surface area contributed by atoms with Gasteiger partial charge in [-0.3, -0.25) is 0 Å². The van der Waals surface area contributed by atoms with Crippen LogP contribution in [0.4, 0.5) is 0 Å².